The summed E-state index contributed by atoms with van der Waals surface area (Å²) >= 11 is 0. The fourth-order valence-corrected chi connectivity index (χ4v) is 6.44. The number of amides is 2. The molecule has 3 aliphatic rings. The molecule has 0 aromatic carbocycles. The molecule has 2 amide bonds. The van der Waals surface area contributed by atoms with Crippen LogP contribution >= 0.6 is 0 Å². The zero-order chi connectivity index (χ0) is 21.5. The summed E-state index contributed by atoms with van der Waals surface area (Å²) < 4.78 is 63.8. The van der Waals surface area contributed by atoms with E-state index in [9.17, 15) is 27.0 Å². The van der Waals surface area contributed by atoms with Gasteiger partial charge < -0.3 is 9.64 Å². The number of rotatable bonds is 2. The third kappa shape index (κ3) is 4.62. The lowest BCUT2D eigenvalue weighted by atomic mass is 9.83. The molecule has 6 nitrogen and oxygen atoms in total. The highest BCUT2D eigenvalue weighted by Gasteiger charge is 2.62. The van der Waals surface area contributed by atoms with Crippen molar-refractivity contribution in [3.63, 3.8) is 0 Å². The molecule has 166 valence electrons. The van der Waals surface area contributed by atoms with Crippen molar-refractivity contribution in [3.8, 4) is 0 Å². The minimum absolute atomic E-state index is 0.0801. The van der Waals surface area contributed by atoms with Crippen molar-refractivity contribution in [1.29, 1.82) is 0 Å². The van der Waals surface area contributed by atoms with Gasteiger partial charge in [0.1, 0.15) is 11.5 Å². The Labute approximate surface area is 169 Å². The van der Waals surface area contributed by atoms with Crippen LogP contribution in [0.2, 0.25) is 0 Å². The largest absolute Gasteiger partial charge is 0.403 e. The summed E-state index contributed by atoms with van der Waals surface area (Å²) in [6.07, 6.45) is -3.51. The predicted molar refractivity (Wildman–Crippen MR) is 102 cm³/mol. The van der Waals surface area contributed by atoms with Crippen molar-refractivity contribution in [1.82, 2.24) is 4.90 Å². The predicted octanol–water partition coefficient (Wildman–Crippen LogP) is 3.29. The van der Waals surface area contributed by atoms with Crippen LogP contribution in [0.4, 0.5) is 13.2 Å². The molecule has 0 bridgehead atoms. The molecule has 0 aromatic rings. The Morgan fingerprint density at radius 1 is 1.07 bits per heavy atom. The van der Waals surface area contributed by atoms with Gasteiger partial charge in [-0.05, 0) is 46.0 Å². The van der Waals surface area contributed by atoms with E-state index in [0.29, 0.717) is 25.7 Å². The SMILES string of the molecule is CC1(C)CCC(C(=O)N=S2(=O)CCCN(C(=O)C3(C(F)(F)F)CCCC3)CC2)O1. The van der Waals surface area contributed by atoms with Crippen molar-refractivity contribution in [2.24, 2.45) is 9.78 Å². The van der Waals surface area contributed by atoms with Gasteiger partial charge in [0.25, 0.3) is 5.91 Å². The zero-order valence-corrected chi connectivity index (χ0v) is 17.7. The minimum Gasteiger partial charge on any atom is -0.362 e. The Bertz CT molecular complexity index is 781. The maximum absolute atomic E-state index is 13.7. The van der Waals surface area contributed by atoms with E-state index < -0.39 is 44.8 Å². The molecule has 2 heterocycles. The van der Waals surface area contributed by atoms with Gasteiger partial charge in [-0.15, -0.1) is 0 Å². The van der Waals surface area contributed by atoms with E-state index in [1.165, 1.54) is 4.90 Å². The molecule has 0 radical (unpaired) electrons. The highest BCUT2D eigenvalue weighted by atomic mass is 32.2. The topological polar surface area (TPSA) is 76.0 Å². The summed E-state index contributed by atoms with van der Waals surface area (Å²) in [7, 11) is -2.93. The molecule has 3 rings (SSSR count). The Morgan fingerprint density at radius 3 is 2.28 bits per heavy atom. The van der Waals surface area contributed by atoms with E-state index in [1.54, 1.807) is 0 Å². The van der Waals surface area contributed by atoms with Crippen LogP contribution in [0.25, 0.3) is 0 Å². The standard InChI is InChI=1S/C19H29F3N2O4S/c1-17(2)9-6-14(28-17)15(25)23-29(27)12-5-10-24(11-13-29)16(26)18(19(20,21)22)7-3-4-8-18/h14H,3-13H2,1-2H3. The lowest BCUT2D eigenvalue weighted by Crippen LogP contribution is -2.51. The van der Waals surface area contributed by atoms with Gasteiger partial charge >= 0.3 is 6.18 Å². The Hall–Kier alpha value is -1.16. The minimum atomic E-state index is -4.60. The fourth-order valence-electron chi connectivity index (χ4n) is 4.52. The second-order valence-corrected chi connectivity index (χ2v) is 11.5. The van der Waals surface area contributed by atoms with Gasteiger partial charge in [-0.25, -0.2) is 4.21 Å². The lowest BCUT2D eigenvalue weighted by molar-refractivity contribution is -0.225. The van der Waals surface area contributed by atoms with Gasteiger partial charge in [-0.2, -0.15) is 17.5 Å². The number of hydrogen-bond donors (Lipinski definition) is 0. The van der Waals surface area contributed by atoms with Gasteiger partial charge in [-0.1, -0.05) is 12.8 Å². The van der Waals surface area contributed by atoms with E-state index in [0.717, 1.165) is 0 Å². The van der Waals surface area contributed by atoms with Crippen molar-refractivity contribution < 1.29 is 31.7 Å². The highest BCUT2D eigenvalue weighted by molar-refractivity contribution is 7.93. The molecule has 2 unspecified atom stereocenters. The van der Waals surface area contributed by atoms with Crippen LogP contribution in [0.3, 0.4) is 0 Å². The number of ether oxygens (including phenoxy) is 1. The van der Waals surface area contributed by atoms with E-state index in [1.807, 2.05) is 13.8 Å². The van der Waals surface area contributed by atoms with Crippen molar-refractivity contribution in [3.05, 3.63) is 0 Å². The quantitative estimate of drug-likeness (QED) is 0.663. The van der Waals surface area contributed by atoms with Crippen molar-refractivity contribution >= 4 is 21.5 Å². The number of carbonyl (C=O) groups excluding carboxylic acids is 2. The normalized spacial score (nSPS) is 32.0. The molecule has 10 heteroatoms. The molecule has 0 aromatic heterocycles. The van der Waals surface area contributed by atoms with E-state index in [-0.39, 0.29) is 43.9 Å². The molecular formula is C19H29F3N2O4S. The maximum Gasteiger partial charge on any atom is 0.403 e. The van der Waals surface area contributed by atoms with Crippen LogP contribution in [0.1, 0.15) is 58.8 Å². The Balaban J connectivity index is 1.72. The number of nitrogens with zero attached hydrogens (tertiary/aromatic N) is 2. The smallest absolute Gasteiger partial charge is 0.362 e. The summed E-state index contributed by atoms with van der Waals surface area (Å²) in [6.45, 7) is 3.76. The molecule has 1 saturated carbocycles. The van der Waals surface area contributed by atoms with Crippen molar-refractivity contribution in [2.75, 3.05) is 24.6 Å². The zero-order valence-electron chi connectivity index (χ0n) is 16.9. The number of alkyl halides is 3. The highest BCUT2D eigenvalue weighted by Crippen LogP contribution is 2.51. The molecule has 2 atom stereocenters. The first-order valence-corrected chi connectivity index (χ1v) is 12.0. The fraction of sp³-hybridized carbons (Fsp3) is 0.895. The molecule has 0 spiro atoms. The first-order chi connectivity index (χ1) is 13.4. The second-order valence-electron chi connectivity index (χ2n) is 8.95. The van der Waals surface area contributed by atoms with Crippen LogP contribution in [0, 0.1) is 5.41 Å². The molecule has 3 fully saturated rings. The summed E-state index contributed by atoms with van der Waals surface area (Å²) in [5, 5.41) is 0. The molecule has 2 saturated heterocycles. The van der Waals surface area contributed by atoms with E-state index >= 15 is 0 Å². The lowest BCUT2D eigenvalue weighted by Gasteiger charge is -2.35. The van der Waals surface area contributed by atoms with Gasteiger partial charge in [-0.3, -0.25) is 9.59 Å². The van der Waals surface area contributed by atoms with Gasteiger partial charge in [0.05, 0.1) is 15.3 Å². The summed E-state index contributed by atoms with van der Waals surface area (Å²) in [5.74, 6) is -1.48. The molecule has 2 aliphatic heterocycles. The van der Waals surface area contributed by atoms with Gasteiger partial charge in [0.2, 0.25) is 5.91 Å². The van der Waals surface area contributed by atoms with Crippen LogP contribution in [0.5, 0.6) is 0 Å². The first-order valence-electron chi connectivity index (χ1n) is 10.2. The third-order valence-electron chi connectivity index (χ3n) is 6.27. The average Bonchev–Trinajstić information content (AvgIpc) is 3.19. The summed E-state index contributed by atoms with van der Waals surface area (Å²) in [4.78, 5) is 26.4. The molecule has 29 heavy (non-hydrogen) atoms. The summed E-state index contributed by atoms with van der Waals surface area (Å²) in [5.41, 5.74) is -2.75. The number of halogens is 3. The number of carbonyl (C=O) groups is 2. The average molecular weight is 439 g/mol. The molecular weight excluding hydrogens is 409 g/mol. The second kappa shape index (κ2) is 7.83. The Morgan fingerprint density at radius 2 is 1.72 bits per heavy atom. The van der Waals surface area contributed by atoms with Gasteiger partial charge in [0.15, 0.2) is 0 Å². The third-order valence-corrected chi connectivity index (χ3v) is 8.53. The summed E-state index contributed by atoms with van der Waals surface area (Å²) in [6, 6.07) is 0. The maximum atomic E-state index is 13.7. The van der Waals surface area contributed by atoms with Crippen LogP contribution in [-0.4, -0.2) is 63.4 Å². The molecule has 1 aliphatic carbocycles. The number of hydrogen-bond acceptors (Lipinski definition) is 4. The van der Waals surface area contributed by atoms with E-state index in [4.69, 9.17) is 4.74 Å². The van der Waals surface area contributed by atoms with Crippen LogP contribution < -0.4 is 0 Å². The monoisotopic (exact) mass is 438 g/mol. The van der Waals surface area contributed by atoms with Crippen LogP contribution in [-0.2, 0) is 24.1 Å². The van der Waals surface area contributed by atoms with Crippen LogP contribution in [0.15, 0.2) is 4.36 Å². The van der Waals surface area contributed by atoms with E-state index in [2.05, 4.69) is 4.36 Å². The first kappa shape index (κ1) is 22.5. The molecule has 0 N–H and O–H groups in total. The van der Waals surface area contributed by atoms with Crippen molar-refractivity contribution in [2.45, 2.75) is 76.7 Å². The van der Waals surface area contributed by atoms with Gasteiger partial charge in [0, 0.05) is 24.6 Å². The Kier molecular flexibility index (Phi) is 6.08.